The number of carbonyl (C=O) groups is 1. The smallest absolute Gasteiger partial charge is 0.219 e. The molecule has 0 radical (unpaired) electrons. The van der Waals surface area contributed by atoms with Crippen LogP contribution in [0.2, 0.25) is 0 Å². The van der Waals surface area contributed by atoms with E-state index < -0.39 is 6.61 Å². The van der Waals surface area contributed by atoms with Gasteiger partial charge in [0.15, 0.2) is 28.6 Å². The standard InChI is InChI=1S/C23H31N9O3/c1-14(2)32-21-18(27-23(32)31-5-3-15(4-6-31)17(34)13-33)20(30-7-9-35-10-8-30)28-19(29-21)16-11-25-22(24)26-12-16/h11-12,14-15,33H,3-10,13H2,1-2H3,(H2,24,25,26). The van der Waals surface area contributed by atoms with Crippen LogP contribution >= 0.6 is 0 Å². The molecule has 5 heterocycles. The third-order valence-electron chi connectivity index (χ3n) is 6.65. The maximum absolute atomic E-state index is 12.0. The third-order valence-corrected chi connectivity index (χ3v) is 6.65. The van der Waals surface area contributed by atoms with E-state index in [4.69, 9.17) is 25.4 Å². The number of hydrogen-bond acceptors (Lipinski definition) is 11. The summed E-state index contributed by atoms with van der Waals surface area (Å²) in [7, 11) is 0. The fourth-order valence-corrected chi connectivity index (χ4v) is 4.76. The zero-order valence-electron chi connectivity index (χ0n) is 20.1. The molecule has 2 aliphatic heterocycles. The second kappa shape index (κ2) is 9.70. The molecule has 2 saturated heterocycles. The molecule has 0 atom stereocenters. The minimum atomic E-state index is -0.398. The molecule has 12 heteroatoms. The van der Waals surface area contributed by atoms with Gasteiger partial charge in [-0.25, -0.2) is 24.9 Å². The van der Waals surface area contributed by atoms with Crippen molar-refractivity contribution in [1.82, 2.24) is 29.5 Å². The molecule has 5 rings (SSSR count). The summed E-state index contributed by atoms with van der Waals surface area (Å²) in [5, 5.41) is 9.25. The van der Waals surface area contributed by atoms with E-state index in [9.17, 15) is 9.90 Å². The van der Waals surface area contributed by atoms with Crippen LogP contribution in [-0.2, 0) is 9.53 Å². The Morgan fingerprint density at radius 3 is 2.40 bits per heavy atom. The Morgan fingerprint density at radius 2 is 1.77 bits per heavy atom. The first-order valence-electron chi connectivity index (χ1n) is 12.0. The van der Waals surface area contributed by atoms with Gasteiger partial charge in [0.25, 0.3) is 0 Å². The van der Waals surface area contributed by atoms with E-state index in [-0.39, 0.29) is 23.7 Å². The highest BCUT2D eigenvalue weighted by molar-refractivity contribution is 5.88. The number of nitrogens with two attached hydrogens (primary N) is 1. The monoisotopic (exact) mass is 481 g/mol. The first kappa shape index (κ1) is 23.4. The number of piperidine rings is 1. The molecule has 35 heavy (non-hydrogen) atoms. The zero-order chi connectivity index (χ0) is 24.5. The second-order valence-electron chi connectivity index (χ2n) is 9.23. The van der Waals surface area contributed by atoms with Crippen molar-refractivity contribution >= 4 is 34.7 Å². The summed E-state index contributed by atoms with van der Waals surface area (Å²) in [6.45, 7) is 7.85. The third kappa shape index (κ3) is 4.50. The number of anilines is 3. The van der Waals surface area contributed by atoms with Crippen LogP contribution in [0.3, 0.4) is 0 Å². The lowest BCUT2D eigenvalue weighted by Gasteiger charge is -2.32. The second-order valence-corrected chi connectivity index (χ2v) is 9.23. The molecule has 0 aliphatic carbocycles. The lowest BCUT2D eigenvalue weighted by atomic mass is 9.93. The highest BCUT2D eigenvalue weighted by Crippen LogP contribution is 2.34. The van der Waals surface area contributed by atoms with Gasteiger partial charge in [-0.1, -0.05) is 0 Å². The number of nitrogens with zero attached hydrogens (tertiary/aromatic N) is 8. The number of nitrogen functional groups attached to an aromatic ring is 1. The van der Waals surface area contributed by atoms with Crippen molar-refractivity contribution in [3.8, 4) is 11.4 Å². The van der Waals surface area contributed by atoms with E-state index in [1.807, 2.05) is 0 Å². The molecule has 0 unspecified atom stereocenters. The number of imidazole rings is 1. The molecule has 12 nitrogen and oxygen atoms in total. The number of morpholine rings is 1. The van der Waals surface area contributed by atoms with Gasteiger partial charge in [-0.05, 0) is 26.7 Å². The number of carbonyl (C=O) groups excluding carboxylic acids is 1. The molecule has 0 spiro atoms. The van der Waals surface area contributed by atoms with Gasteiger partial charge in [-0.3, -0.25) is 9.36 Å². The maximum atomic E-state index is 12.0. The number of aromatic nitrogens is 6. The number of aliphatic hydroxyl groups is 1. The fraction of sp³-hybridized carbons (Fsp3) is 0.565. The van der Waals surface area contributed by atoms with Crippen LogP contribution in [0.4, 0.5) is 17.7 Å². The SMILES string of the molecule is CC(C)n1c(N2CCC(C(=O)CO)CC2)nc2c(N3CCOCC3)nc(-c3cnc(N)nc3)nc21. The van der Waals surface area contributed by atoms with E-state index in [0.717, 1.165) is 22.9 Å². The van der Waals surface area contributed by atoms with Gasteiger partial charge < -0.3 is 25.4 Å². The number of ketones is 1. The number of aliphatic hydroxyl groups excluding tert-OH is 1. The van der Waals surface area contributed by atoms with Gasteiger partial charge in [-0.15, -0.1) is 0 Å². The largest absolute Gasteiger partial charge is 0.389 e. The molecule has 3 aromatic rings. The van der Waals surface area contributed by atoms with Gasteiger partial charge in [0.2, 0.25) is 11.9 Å². The normalized spacial score (nSPS) is 17.5. The topological polar surface area (TPSA) is 148 Å². The van der Waals surface area contributed by atoms with E-state index in [0.29, 0.717) is 63.6 Å². The molecule has 3 N–H and O–H groups in total. The average Bonchev–Trinajstić information content (AvgIpc) is 3.28. The van der Waals surface area contributed by atoms with Crippen LogP contribution in [0.15, 0.2) is 12.4 Å². The average molecular weight is 482 g/mol. The van der Waals surface area contributed by atoms with Crippen molar-refractivity contribution in [2.24, 2.45) is 5.92 Å². The van der Waals surface area contributed by atoms with Gasteiger partial charge in [-0.2, -0.15) is 0 Å². The Hall–Kier alpha value is -3.38. The minimum absolute atomic E-state index is 0.0853. The van der Waals surface area contributed by atoms with Crippen LogP contribution < -0.4 is 15.5 Å². The first-order chi connectivity index (χ1) is 17.0. The molecule has 2 aliphatic rings. The van der Waals surface area contributed by atoms with Gasteiger partial charge in [0.1, 0.15) is 6.61 Å². The van der Waals surface area contributed by atoms with E-state index >= 15 is 0 Å². The quantitative estimate of drug-likeness (QED) is 0.520. The Morgan fingerprint density at radius 1 is 1.09 bits per heavy atom. The van der Waals surface area contributed by atoms with Crippen LogP contribution in [0.5, 0.6) is 0 Å². The molecule has 2 fully saturated rings. The summed E-state index contributed by atoms with van der Waals surface area (Å²) in [6, 6.07) is 0.0924. The molecule has 0 amide bonds. The van der Waals surface area contributed by atoms with Crippen LogP contribution in [-0.4, -0.2) is 86.4 Å². The Balaban J connectivity index is 1.62. The molecule has 0 saturated carbocycles. The van der Waals surface area contributed by atoms with Crippen LogP contribution in [0.25, 0.3) is 22.6 Å². The number of ether oxygens (including phenoxy) is 1. The highest BCUT2D eigenvalue weighted by atomic mass is 16.5. The summed E-state index contributed by atoms with van der Waals surface area (Å²) < 4.78 is 7.70. The molecule has 3 aromatic heterocycles. The molecule has 186 valence electrons. The van der Waals surface area contributed by atoms with Crippen molar-refractivity contribution in [2.45, 2.75) is 32.7 Å². The van der Waals surface area contributed by atoms with Crippen molar-refractivity contribution < 1.29 is 14.6 Å². The van der Waals surface area contributed by atoms with Crippen molar-refractivity contribution in [3.05, 3.63) is 12.4 Å². The summed E-state index contributed by atoms with van der Waals surface area (Å²) in [4.78, 5) is 39.5. The summed E-state index contributed by atoms with van der Waals surface area (Å²) in [5.41, 5.74) is 7.85. The molecule has 0 aromatic carbocycles. The summed E-state index contributed by atoms with van der Waals surface area (Å²) in [6.07, 6.45) is 4.65. The molecule has 0 bridgehead atoms. The number of hydrogen-bond donors (Lipinski definition) is 2. The van der Waals surface area contributed by atoms with E-state index in [1.165, 1.54) is 0 Å². The number of Topliss-reactive ketones (excluding diaryl/α,β-unsaturated/α-hetero) is 1. The van der Waals surface area contributed by atoms with Crippen molar-refractivity contribution in [2.75, 3.05) is 61.5 Å². The maximum Gasteiger partial charge on any atom is 0.219 e. The number of rotatable bonds is 6. The van der Waals surface area contributed by atoms with Gasteiger partial charge in [0.05, 0.1) is 18.8 Å². The zero-order valence-corrected chi connectivity index (χ0v) is 20.1. The predicted molar refractivity (Wildman–Crippen MR) is 131 cm³/mol. The van der Waals surface area contributed by atoms with E-state index in [1.54, 1.807) is 12.4 Å². The predicted octanol–water partition coefficient (Wildman–Crippen LogP) is 1.06. The number of fused-ring (bicyclic) bond motifs is 1. The minimum Gasteiger partial charge on any atom is -0.389 e. The Labute approximate surface area is 203 Å². The summed E-state index contributed by atoms with van der Waals surface area (Å²) >= 11 is 0. The Bertz CT molecular complexity index is 1200. The van der Waals surface area contributed by atoms with E-state index in [2.05, 4.69) is 38.2 Å². The van der Waals surface area contributed by atoms with Gasteiger partial charge >= 0.3 is 0 Å². The lowest BCUT2D eigenvalue weighted by Crippen LogP contribution is -2.38. The van der Waals surface area contributed by atoms with Gasteiger partial charge in [0, 0.05) is 50.5 Å². The highest BCUT2D eigenvalue weighted by Gasteiger charge is 2.30. The van der Waals surface area contributed by atoms with Crippen molar-refractivity contribution in [1.29, 1.82) is 0 Å². The van der Waals surface area contributed by atoms with Crippen molar-refractivity contribution in [3.63, 3.8) is 0 Å². The lowest BCUT2D eigenvalue weighted by molar-refractivity contribution is -0.126. The fourth-order valence-electron chi connectivity index (χ4n) is 4.76. The molecular formula is C23H31N9O3. The Kier molecular flexibility index (Phi) is 6.48. The summed E-state index contributed by atoms with van der Waals surface area (Å²) in [5.74, 6) is 2.10. The molecular weight excluding hydrogens is 450 g/mol. The first-order valence-corrected chi connectivity index (χ1v) is 12.0. The van der Waals surface area contributed by atoms with Crippen LogP contribution in [0, 0.1) is 5.92 Å². The van der Waals surface area contributed by atoms with Crippen LogP contribution in [0.1, 0.15) is 32.7 Å².